The molecule has 0 saturated heterocycles. The van der Waals surface area contributed by atoms with Crippen LogP contribution in [0.3, 0.4) is 0 Å². The molecule has 0 spiro atoms. The molecule has 0 saturated carbocycles. The van der Waals surface area contributed by atoms with Crippen molar-refractivity contribution >= 4 is 33.8 Å². The molecule has 18 heavy (non-hydrogen) atoms. The van der Waals surface area contributed by atoms with Gasteiger partial charge in [0.25, 0.3) is 11.8 Å². The molecule has 6 nitrogen and oxygen atoms in total. The highest BCUT2D eigenvalue weighted by Crippen LogP contribution is 2.37. The molecule has 4 N–H and O–H groups in total. The highest BCUT2D eigenvalue weighted by Gasteiger charge is 2.25. The largest absolute Gasteiger partial charge is 0.397 e. The first-order chi connectivity index (χ1) is 8.43. The van der Waals surface area contributed by atoms with Gasteiger partial charge in [0.1, 0.15) is 9.88 Å². The van der Waals surface area contributed by atoms with E-state index >= 15 is 0 Å². The number of nitrogens with two attached hydrogens (primary N) is 1. The van der Waals surface area contributed by atoms with E-state index in [2.05, 4.69) is 10.6 Å². The number of amides is 2. The van der Waals surface area contributed by atoms with Gasteiger partial charge in [-0.3, -0.25) is 9.59 Å². The van der Waals surface area contributed by atoms with E-state index in [0.29, 0.717) is 22.0 Å². The molecule has 100 valence electrons. The second kappa shape index (κ2) is 5.72. The van der Waals surface area contributed by atoms with Gasteiger partial charge in [0.05, 0.1) is 11.3 Å². The minimum Gasteiger partial charge on any atom is -0.397 e. The molecule has 0 unspecified atom stereocenters. The predicted molar refractivity (Wildman–Crippen MR) is 74.5 cm³/mol. The van der Waals surface area contributed by atoms with Crippen LogP contribution in [0.15, 0.2) is 0 Å². The van der Waals surface area contributed by atoms with Gasteiger partial charge in [0.15, 0.2) is 0 Å². The van der Waals surface area contributed by atoms with E-state index in [1.807, 2.05) is 6.92 Å². The molecule has 0 fully saturated rings. The summed E-state index contributed by atoms with van der Waals surface area (Å²) in [6.07, 6.45) is 0. The van der Waals surface area contributed by atoms with Gasteiger partial charge in [0.2, 0.25) is 0 Å². The van der Waals surface area contributed by atoms with E-state index in [1.54, 1.807) is 19.0 Å². The molecule has 7 heteroatoms. The quantitative estimate of drug-likeness (QED) is 0.743. The van der Waals surface area contributed by atoms with Crippen molar-refractivity contribution in [2.75, 3.05) is 38.3 Å². The van der Waals surface area contributed by atoms with Crippen molar-refractivity contribution < 1.29 is 9.59 Å². The van der Waals surface area contributed by atoms with Crippen molar-refractivity contribution in [3.63, 3.8) is 0 Å². The zero-order chi connectivity index (χ0) is 13.9. The summed E-state index contributed by atoms with van der Waals surface area (Å²) < 4.78 is 0. The molecule has 1 aromatic rings. The lowest BCUT2D eigenvalue weighted by Gasteiger charge is -2.11. The van der Waals surface area contributed by atoms with Crippen LogP contribution in [-0.4, -0.2) is 39.5 Å². The Balaban J connectivity index is 3.32. The molecule has 1 heterocycles. The zero-order valence-corrected chi connectivity index (χ0v) is 11.8. The van der Waals surface area contributed by atoms with Gasteiger partial charge in [-0.05, 0) is 6.92 Å². The van der Waals surface area contributed by atoms with E-state index in [4.69, 9.17) is 5.73 Å². The molecule has 0 aliphatic carbocycles. The molecule has 0 aliphatic rings. The first-order valence-electron chi connectivity index (χ1n) is 5.53. The number of nitrogens with one attached hydrogen (secondary N) is 2. The van der Waals surface area contributed by atoms with E-state index in [1.165, 1.54) is 18.4 Å². The minimum absolute atomic E-state index is 0.231. The second-order valence-corrected chi connectivity index (χ2v) is 4.86. The van der Waals surface area contributed by atoms with Crippen molar-refractivity contribution in [1.82, 2.24) is 10.6 Å². The van der Waals surface area contributed by atoms with Gasteiger partial charge >= 0.3 is 0 Å². The van der Waals surface area contributed by atoms with Gasteiger partial charge < -0.3 is 21.3 Å². The minimum atomic E-state index is -0.289. The average molecular weight is 270 g/mol. The maximum absolute atomic E-state index is 11.8. The van der Waals surface area contributed by atoms with Gasteiger partial charge in [-0.1, -0.05) is 0 Å². The van der Waals surface area contributed by atoms with Gasteiger partial charge in [0, 0.05) is 27.7 Å². The summed E-state index contributed by atoms with van der Waals surface area (Å²) >= 11 is 1.21. The Morgan fingerprint density at radius 3 is 2.39 bits per heavy atom. The predicted octanol–water partition coefficient (Wildman–Crippen LogP) is 0.506. The molecular formula is C11H18N4O2S. The van der Waals surface area contributed by atoms with Crippen LogP contribution in [0.2, 0.25) is 0 Å². The standard InChI is InChI=1S/C11H18N4O2S/c1-5-14-10(17)8-7(12)6(9(16)13-2)11(18-8)15(3)4/h5,12H2,1-4H3,(H,13,16)(H,14,17). The lowest BCUT2D eigenvalue weighted by atomic mass is 10.2. The normalized spacial score (nSPS) is 10.0. The Bertz CT molecular complexity index is 468. The Labute approximate surface area is 110 Å². The molecule has 0 atom stereocenters. The molecule has 0 radical (unpaired) electrons. The SMILES string of the molecule is CCNC(=O)c1sc(N(C)C)c(C(=O)NC)c1N. The first kappa shape index (κ1) is 14.3. The number of nitrogens with zero attached hydrogens (tertiary/aromatic N) is 1. The molecule has 0 aromatic carbocycles. The Hall–Kier alpha value is -1.76. The third-order valence-corrected chi connectivity index (χ3v) is 3.70. The van der Waals surface area contributed by atoms with Gasteiger partial charge in [-0.25, -0.2) is 0 Å². The van der Waals surface area contributed by atoms with E-state index in [9.17, 15) is 9.59 Å². The monoisotopic (exact) mass is 270 g/mol. The second-order valence-electron chi connectivity index (χ2n) is 3.86. The van der Waals surface area contributed by atoms with Crippen LogP contribution in [-0.2, 0) is 0 Å². The summed E-state index contributed by atoms with van der Waals surface area (Å²) in [5, 5.41) is 5.89. The Kier molecular flexibility index (Phi) is 4.55. The number of nitrogen functional groups attached to an aromatic ring is 1. The lowest BCUT2D eigenvalue weighted by Crippen LogP contribution is -2.24. The third kappa shape index (κ3) is 2.56. The van der Waals surface area contributed by atoms with Crippen LogP contribution < -0.4 is 21.3 Å². The van der Waals surface area contributed by atoms with Crippen LogP contribution in [0.25, 0.3) is 0 Å². The fraction of sp³-hybridized carbons (Fsp3) is 0.455. The smallest absolute Gasteiger partial charge is 0.263 e. The maximum atomic E-state index is 11.8. The summed E-state index contributed by atoms with van der Waals surface area (Å²) in [6.45, 7) is 2.34. The van der Waals surface area contributed by atoms with E-state index in [0.717, 1.165) is 0 Å². The average Bonchev–Trinajstić information content (AvgIpc) is 2.66. The molecule has 1 aromatic heterocycles. The number of carbonyl (C=O) groups excluding carboxylic acids is 2. The number of carbonyl (C=O) groups is 2. The van der Waals surface area contributed by atoms with E-state index < -0.39 is 0 Å². The summed E-state index contributed by atoms with van der Waals surface area (Å²) in [6, 6.07) is 0. The van der Waals surface area contributed by atoms with Crippen LogP contribution in [0.5, 0.6) is 0 Å². The van der Waals surface area contributed by atoms with Crippen LogP contribution in [0, 0.1) is 0 Å². The lowest BCUT2D eigenvalue weighted by molar-refractivity contribution is 0.0959. The van der Waals surface area contributed by atoms with Crippen molar-refractivity contribution in [3.05, 3.63) is 10.4 Å². The van der Waals surface area contributed by atoms with Crippen LogP contribution in [0.4, 0.5) is 10.7 Å². The summed E-state index contributed by atoms with van der Waals surface area (Å²) in [5.74, 6) is -0.541. The van der Waals surface area contributed by atoms with Crippen molar-refractivity contribution in [1.29, 1.82) is 0 Å². The zero-order valence-electron chi connectivity index (χ0n) is 11.0. The van der Waals surface area contributed by atoms with E-state index in [-0.39, 0.29) is 17.5 Å². The molecule has 0 bridgehead atoms. The third-order valence-electron chi connectivity index (χ3n) is 2.33. The Morgan fingerprint density at radius 1 is 1.33 bits per heavy atom. The first-order valence-corrected chi connectivity index (χ1v) is 6.35. The molecule has 0 aliphatic heterocycles. The molecule has 2 amide bonds. The fourth-order valence-electron chi connectivity index (χ4n) is 1.50. The van der Waals surface area contributed by atoms with Crippen molar-refractivity contribution in [2.24, 2.45) is 0 Å². The number of hydrogen-bond donors (Lipinski definition) is 3. The molecule has 1 rings (SSSR count). The van der Waals surface area contributed by atoms with Crippen LogP contribution in [0.1, 0.15) is 27.0 Å². The number of anilines is 2. The van der Waals surface area contributed by atoms with Crippen molar-refractivity contribution in [2.45, 2.75) is 6.92 Å². The molecular weight excluding hydrogens is 252 g/mol. The highest BCUT2D eigenvalue weighted by atomic mass is 32.1. The summed E-state index contributed by atoms with van der Waals surface area (Å²) in [4.78, 5) is 25.8. The number of thiophene rings is 1. The van der Waals surface area contributed by atoms with Gasteiger partial charge in [-0.2, -0.15) is 0 Å². The maximum Gasteiger partial charge on any atom is 0.263 e. The number of hydrogen-bond acceptors (Lipinski definition) is 5. The Morgan fingerprint density at radius 2 is 1.94 bits per heavy atom. The fourth-order valence-corrected chi connectivity index (χ4v) is 2.56. The highest BCUT2D eigenvalue weighted by molar-refractivity contribution is 7.19. The van der Waals surface area contributed by atoms with Crippen molar-refractivity contribution in [3.8, 4) is 0 Å². The summed E-state index contributed by atoms with van der Waals surface area (Å²) in [5.41, 5.74) is 6.50. The van der Waals surface area contributed by atoms with Crippen LogP contribution >= 0.6 is 11.3 Å². The number of rotatable bonds is 4. The topological polar surface area (TPSA) is 87.5 Å². The summed E-state index contributed by atoms with van der Waals surface area (Å²) in [7, 11) is 5.14. The van der Waals surface area contributed by atoms with Gasteiger partial charge in [-0.15, -0.1) is 11.3 Å².